The molecule has 7 nitrogen and oxygen atoms in total. The fourth-order valence-corrected chi connectivity index (χ4v) is 4.01. The molecule has 0 spiro atoms. The summed E-state index contributed by atoms with van der Waals surface area (Å²) < 4.78 is 0.303. The van der Waals surface area contributed by atoms with Crippen LogP contribution in [0, 0.1) is 10.1 Å². The van der Waals surface area contributed by atoms with E-state index in [4.69, 9.17) is 12.2 Å². The zero-order valence-corrected chi connectivity index (χ0v) is 17.5. The molecule has 30 heavy (non-hydrogen) atoms. The van der Waals surface area contributed by atoms with Gasteiger partial charge >= 0.3 is 0 Å². The molecular formula is C21H17N3O4S2. The number of carbonyl (C=O) groups is 2. The summed E-state index contributed by atoms with van der Waals surface area (Å²) in [7, 11) is 0. The second-order valence-corrected chi connectivity index (χ2v) is 8.09. The van der Waals surface area contributed by atoms with E-state index in [1.165, 1.54) is 29.2 Å². The van der Waals surface area contributed by atoms with Crippen molar-refractivity contribution in [3.05, 3.63) is 86.8 Å². The number of thioether (sulfide) groups is 1. The summed E-state index contributed by atoms with van der Waals surface area (Å²) in [6.45, 7) is 1.65. The Balaban J connectivity index is 1.65. The predicted octanol–water partition coefficient (Wildman–Crippen LogP) is 4.38. The molecule has 3 rings (SSSR count). The van der Waals surface area contributed by atoms with Crippen LogP contribution in [0.4, 0.5) is 11.4 Å². The highest BCUT2D eigenvalue weighted by atomic mass is 32.2. The average Bonchev–Trinajstić information content (AvgIpc) is 2.96. The number of non-ortho nitro benzene ring substituents is 1. The number of benzene rings is 2. The van der Waals surface area contributed by atoms with Crippen LogP contribution in [0.1, 0.15) is 12.5 Å². The Hall–Kier alpha value is -3.30. The van der Waals surface area contributed by atoms with Crippen molar-refractivity contribution in [1.29, 1.82) is 0 Å². The largest absolute Gasteiger partial charge is 0.325 e. The van der Waals surface area contributed by atoms with Crippen LogP contribution in [0.15, 0.2) is 71.2 Å². The van der Waals surface area contributed by atoms with E-state index < -0.39 is 10.8 Å². The van der Waals surface area contributed by atoms with Crippen molar-refractivity contribution in [3.63, 3.8) is 0 Å². The first-order valence-corrected chi connectivity index (χ1v) is 10.1. The van der Waals surface area contributed by atoms with Gasteiger partial charge in [0.05, 0.1) is 9.83 Å². The van der Waals surface area contributed by atoms with Crippen molar-refractivity contribution in [2.24, 2.45) is 0 Å². The number of nitro benzene ring substituents is 1. The van der Waals surface area contributed by atoms with Gasteiger partial charge in [-0.25, -0.2) is 0 Å². The third-order valence-corrected chi connectivity index (χ3v) is 5.47. The summed E-state index contributed by atoms with van der Waals surface area (Å²) in [6, 6.07) is 15.2. The fourth-order valence-electron chi connectivity index (χ4n) is 2.71. The SMILES string of the molecule is CC(/C=C1\SC(=S)N(CC(=O)Nc2ccc([N+](=O)[O-])cc2)C1=O)=C\c1ccccc1. The first kappa shape index (κ1) is 21.4. The molecule has 1 aliphatic rings. The molecule has 1 heterocycles. The number of hydrogen-bond donors (Lipinski definition) is 1. The Morgan fingerprint density at radius 2 is 1.87 bits per heavy atom. The third-order valence-electron chi connectivity index (χ3n) is 4.09. The van der Waals surface area contributed by atoms with E-state index in [-0.39, 0.29) is 18.1 Å². The quantitative estimate of drug-likeness (QED) is 0.311. The highest BCUT2D eigenvalue weighted by molar-refractivity contribution is 8.26. The lowest BCUT2D eigenvalue weighted by molar-refractivity contribution is -0.384. The van der Waals surface area contributed by atoms with Crippen molar-refractivity contribution in [2.75, 3.05) is 11.9 Å². The van der Waals surface area contributed by atoms with Crippen LogP contribution in [-0.2, 0) is 9.59 Å². The Morgan fingerprint density at radius 3 is 2.50 bits per heavy atom. The summed E-state index contributed by atoms with van der Waals surface area (Å²) in [6.07, 6.45) is 3.70. The number of nitrogens with one attached hydrogen (secondary N) is 1. The maximum absolute atomic E-state index is 12.7. The maximum atomic E-state index is 12.7. The van der Waals surface area contributed by atoms with Gasteiger partial charge in [-0.2, -0.15) is 0 Å². The summed E-state index contributed by atoms with van der Waals surface area (Å²) in [5, 5.41) is 13.3. The van der Waals surface area contributed by atoms with Crippen molar-refractivity contribution < 1.29 is 14.5 Å². The normalized spacial score (nSPS) is 15.6. The molecule has 0 saturated carbocycles. The molecule has 1 fully saturated rings. The standard InChI is InChI=1S/C21H17N3O4S2/c1-14(11-15-5-3-2-4-6-15)12-18-20(26)23(21(29)30-18)13-19(25)22-16-7-9-17(10-8-16)24(27)28/h2-12H,13H2,1H3,(H,22,25)/b14-11+,18-12-. The van der Waals surface area contributed by atoms with E-state index in [0.717, 1.165) is 22.9 Å². The summed E-state index contributed by atoms with van der Waals surface area (Å²) >= 11 is 6.41. The van der Waals surface area contributed by atoms with E-state index in [9.17, 15) is 19.7 Å². The molecule has 152 valence electrons. The van der Waals surface area contributed by atoms with Crippen molar-refractivity contribution >= 4 is 57.6 Å². The molecule has 0 aromatic heterocycles. The first-order chi connectivity index (χ1) is 14.3. The fraction of sp³-hybridized carbons (Fsp3) is 0.0952. The minimum Gasteiger partial charge on any atom is -0.325 e. The lowest BCUT2D eigenvalue weighted by Crippen LogP contribution is -2.36. The van der Waals surface area contributed by atoms with Crippen LogP contribution < -0.4 is 5.32 Å². The number of carbonyl (C=O) groups excluding carboxylic acids is 2. The van der Waals surface area contributed by atoms with E-state index in [0.29, 0.717) is 14.9 Å². The minimum atomic E-state index is -0.522. The van der Waals surface area contributed by atoms with Crippen LogP contribution in [-0.4, -0.2) is 32.5 Å². The summed E-state index contributed by atoms with van der Waals surface area (Å²) in [5.74, 6) is -0.775. The molecule has 1 N–H and O–H groups in total. The molecular weight excluding hydrogens is 422 g/mol. The second kappa shape index (κ2) is 9.47. The van der Waals surface area contributed by atoms with Gasteiger partial charge < -0.3 is 5.32 Å². The van der Waals surface area contributed by atoms with Crippen LogP contribution in [0.2, 0.25) is 0 Å². The van der Waals surface area contributed by atoms with Gasteiger partial charge in [0.2, 0.25) is 5.91 Å². The van der Waals surface area contributed by atoms with Gasteiger partial charge in [-0.1, -0.05) is 60.4 Å². The zero-order chi connectivity index (χ0) is 21.7. The van der Waals surface area contributed by atoms with E-state index in [1.54, 1.807) is 6.08 Å². The van der Waals surface area contributed by atoms with Gasteiger partial charge in [0.15, 0.2) is 0 Å². The van der Waals surface area contributed by atoms with Crippen LogP contribution in [0.5, 0.6) is 0 Å². The van der Waals surface area contributed by atoms with Gasteiger partial charge in [0.1, 0.15) is 10.9 Å². The summed E-state index contributed by atoms with van der Waals surface area (Å²) in [4.78, 5) is 36.9. The highest BCUT2D eigenvalue weighted by Crippen LogP contribution is 2.32. The van der Waals surface area contributed by atoms with Crippen molar-refractivity contribution in [2.45, 2.75) is 6.92 Å². The number of thiocarbonyl (C=S) groups is 1. The number of nitro groups is 1. The second-order valence-electron chi connectivity index (χ2n) is 6.42. The number of nitrogens with zero attached hydrogens (tertiary/aromatic N) is 2. The predicted molar refractivity (Wildman–Crippen MR) is 122 cm³/mol. The van der Waals surface area contributed by atoms with Gasteiger partial charge in [-0.3, -0.25) is 24.6 Å². The van der Waals surface area contributed by atoms with Gasteiger partial charge in [-0.15, -0.1) is 0 Å². The highest BCUT2D eigenvalue weighted by Gasteiger charge is 2.33. The van der Waals surface area contributed by atoms with Crippen LogP contribution in [0.3, 0.4) is 0 Å². The Morgan fingerprint density at radius 1 is 1.20 bits per heavy atom. The maximum Gasteiger partial charge on any atom is 0.269 e. The smallest absolute Gasteiger partial charge is 0.269 e. The molecule has 1 saturated heterocycles. The number of rotatable bonds is 6. The van der Waals surface area contributed by atoms with Crippen molar-refractivity contribution in [1.82, 2.24) is 4.90 Å². The van der Waals surface area contributed by atoms with Crippen molar-refractivity contribution in [3.8, 4) is 0 Å². The molecule has 0 unspecified atom stereocenters. The molecule has 2 aromatic rings. The molecule has 2 amide bonds. The minimum absolute atomic E-state index is 0.0750. The van der Waals surface area contributed by atoms with E-state index >= 15 is 0 Å². The van der Waals surface area contributed by atoms with E-state index in [1.807, 2.05) is 43.3 Å². The third kappa shape index (κ3) is 5.40. The lowest BCUT2D eigenvalue weighted by atomic mass is 10.1. The monoisotopic (exact) mass is 439 g/mol. The molecule has 0 atom stereocenters. The number of amides is 2. The van der Waals surface area contributed by atoms with Crippen LogP contribution in [0.25, 0.3) is 6.08 Å². The molecule has 1 aliphatic heterocycles. The van der Waals surface area contributed by atoms with Gasteiger partial charge in [-0.05, 0) is 36.3 Å². The van der Waals surface area contributed by atoms with Crippen LogP contribution >= 0.6 is 24.0 Å². The number of hydrogen-bond acceptors (Lipinski definition) is 6. The van der Waals surface area contributed by atoms with Gasteiger partial charge in [0, 0.05) is 17.8 Å². The Labute approximate surface area is 182 Å². The average molecular weight is 440 g/mol. The number of allylic oxidation sites excluding steroid dienone is 2. The summed E-state index contributed by atoms with van der Waals surface area (Å²) in [5.41, 5.74) is 2.23. The van der Waals surface area contributed by atoms with Gasteiger partial charge in [0.25, 0.3) is 11.6 Å². The van der Waals surface area contributed by atoms with E-state index in [2.05, 4.69) is 5.32 Å². The lowest BCUT2D eigenvalue weighted by Gasteiger charge is -2.14. The molecule has 9 heteroatoms. The Kier molecular flexibility index (Phi) is 6.76. The molecule has 0 radical (unpaired) electrons. The first-order valence-electron chi connectivity index (χ1n) is 8.86. The molecule has 0 aliphatic carbocycles. The Bertz CT molecular complexity index is 1060. The molecule has 0 bridgehead atoms. The number of anilines is 1. The topological polar surface area (TPSA) is 92.6 Å². The molecule has 2 aromatic carbocycles. The zero-order valence-electron chi connectivity index (χ0n) is 15.9.